The highest BCUT2D eigenvalue weighted by Gasteiger charge is 2.12. The normalized spacial score (nSPS) is 10.4. The fourth-order valence-electron chi connectivity index (χ4n) is 2.76. The summed E-state index contributed by atoms with van der Waals surface area (Å²) < 4.78 is 6.34. The fourth-order valence-corrected chi connectivity index (χ4v) is 3.44. The van der Waals surface area contributed by atoms with Gasteiger partial charge in [-0.1, -0.05) is 18.2 Å². The van der Waals surface area contributed by atoms with Crippen LogP contribution in [-0.4, -0.2) is 23.0 Å². The first-order valence-corrected chi connectivity index (χ1v) is 11.1. The monoisotopic (exact) mass is 511 g/mol. The van der Waals surface area contributed by atoms with E-state index in [1.165, 1.54) is 0 Å². The van der Waals surface area contributed by atoms with Crippen molar-refractivity contribution in [2.45, 2.75) is 20.0 Å². The van der Waals surface area contributed by atoms with E-state index in [-0.39, 0.29) is 23.0 Å². The third kappa shape index (κ3) is 6.63. The van der Waals surface area contributed by atoms with Gasteiger partial charge in [0, 0.05) is 22.5 Å². The van der Waals surface area contributed by atoms with Crippen LogP contribution in [0.2, 0.25) is 0 Å². The van der Waals surface area contributed by atoms with Gasteiger partial charge in [0.25, 0.3) is 11.8 Å². The topological polar surface area (TPSA) is 79.5 Å². The molecule has 0 saturated carbocycles. The number of amides is 2. The van der Waals surface area contributed by atoms with Gasteiger partial charge in [-0.3, -0.25) is 14.9 Å². The molecule has 0 heterocycles. The van der Waals surface area contributed by atoms with Crippen molar-refractivity contribution in [1.82, 2.24) is 5.32 Å². The van der Waals surface area contributed by atoms with Crippen LogP contribution in [-0.2, 0) is 0 Å². The molecule has 6 nitrogen and oxygen atoms in total. The molecule has 0 atom stereocenters. The average Bonchev–Trinajstić information content (AvgIpc) is 2.76. The predicted molar refractivity (Wildman–Crippen MR) is 134 cm³/mol. The van der Waals surface area contributed by atoms with Gasteiger partial charge in [-0.2, -0.15) is 0 Å². The number of carbonyl (C=O) groups excluding carboxylic acids is 2. The maximum Gasteiger partial charge on any atom is 0.257 e. The van der Waals surface area contributed by atoms with E-state index < -0.39 is 0 Å². The van der Waals surface area contributed by atoms with Crippen LogP contribution in [0.15, 0.2) is 77.3 Å². The molecule has 0 saturated heterocycles. The zero-order valence-corrected chi connectivity index (χ0v) is 19.9. The highest BCUT2D eigenvalue weighted by molar-refractivity contribution is 9.10. The Labute approximate surface area is 200 Å². The van der Waals surface area contributed by atoms with E-state index in [4.69, 9.17) is 17.0 Å². The molecule has 3 rings (SSSR count). The highest BCUT2D eigenvalue weighted by Crippen LogP contribution is 2.27. The van der Waals surface area contributed by atoms with Gasteiger partial charge < -0.3 is 15.4 Å². The lowest BCUT2D eigenvalue weighted by molar-refractivity contribution is 0.0976. The summed E-state index contributed by atoms with van der Waals surface area (Å²) in [6.45, 7) is 3.86. The van der Waals surface area contributed by atoms with Crippen LogP contribution in [0.1, 0.15) is 34.6 Å². The third-order valence-electron chi connectivity index (χ3n) is 4.22. The average molecular weight is 512 g/mol. The first-order chi connectivity index (χ1) is 15.3. The Bertz CT molecular complexity index is 1120. The smallest absolute Gasteiger partial charge is 0.257 e. The Balaban J connectivity index is 1.55. The van der Waals surface area contributed by atoms with Gasteiger partial charge in [-0.15, -0.1) is 0 Å². The first-order valence-electron chi connectivity index (χ1n) is 9.87. The molecule has 8 heteroatoms. The van der Waals surface area contributed by atoms with Crippen LogP contribution < -0.4 is 20.7 Å². The van der Waals surface area contributed by atoms with Gasteiger partial charge in [0.15, 0.2) is 5.11 Å². The van der Waals surface area contributed by atoms with Crippen molar-refractivity contribution in [3.8, 4) is 5.75 Å². The summed E-state index contributed by atoms with van der Waals surface area (Å²) in [6, 6.07) is 21.1. The van der Waals surface area contributed by atoms with Crippen molar-refractivity contribution in [3.05, 3.63) is 88.4 Å². The summed E-state index contributed by atoms with van der Waals surface area (Å²) in [5, 5.41) is 8.60. The van der Waals surface area contributed by atoms with Crippen LogP contribution in [0.3, 0.4) is 0 Å². The number of carbonyl (C=O) groups is 2. The molecule has 0 bridgehead atoms. The standard InChI is InChI=1S/C24H22BrN3O3S/c1-15(2)31-21-13-8-17(14-20(21)25)23(30)28-24(32)27-19-11-9-18(10-12-19)26-22(29)16-6-4-3-5-7-16/h3-15H,1-2H3,(H,26,29)(H2,27,28,30,32). The molecule has 0 unspecified atom stereocenters. The van der Waals surface area contributed by atoms with E-state index in [0.717, 1.165) is 0 Å². The molecular weight excluding hydrogens is 490 g/mol. The predicted octanol–water partition coefficient (Wildman–Crippen LogP) is 5.62. The number of hydrogen-bond donors (Lipinski definition) is 3. The van der Waals surface area contributed by atoms with E-state index in [2.05, 4.69) is 31.9 Å². The van der Waals surface area contributed by atoms with Crippen LogP contribution in [0.5, 0.6) is 5.75 Å². The number of ether oxygens (including phenoxy) is 1. The molecule has 2 amide bonds. The lowest BCUT2D eigenvalue weighted by atomic mass is 10.2. The van der Waals surface area contributed by atoms with Crippen molar-refractivity contribution in [2.75, 3.05) is 10.6 Å². The Kier molecular flexibility index (Phi) is 7.97. The molecular formula is C24H22BrN3O3S. The van der Waals surface area contributed by atoms with Gasteiger partial charge in [0.05, 0.1) is 10.6 Å². The van der Waals surface area contributed by atoms with E-state index >= 15 is 0 Å². The van der Waals surface area contributed by atoms with Gasteiger partial charge in [0.2, 0.25) is 0 Å². The second-order valence-corrected chi connectivity index (χ2v) is 8.38. The van der Waals surface area contributed by atoms with Crippen molar-refractivity contribution in [1.29, 1.82) is 0 Å². The Morgan fingerprint density at radius 2 is 1.47 bits per heavy atom. The summed E-state index contributed by atoms with van der Waals surface area (Å²) in [5.74, 6) is 0.132. The summed E-state index contributed by atoms with van der Waals surface area (Å²) in [4.78, 5) is 24.7. The molecule has 0 aliphatic heterocycles. The van der Waals surface area contributed by atoms with Crippen LogP contribution in [0.4, 0.5) is 11.4 Å². The summed E-state index contributed by atoms with van der Waals surface area (Å²) >= 11 is 8.66. The molecule has 3 aromatic rings. The number of benzene rings is 3. The van der Waals surface area contributed by atoms with Crippen LogP contribution >= 0.6 is 28.1 Å². The molecule has 164 valence electrons. The third-order valence-corrected chi connectivity index (χ3v) is 5.04. The van der Waals surface area contributed by atoms with Crippen LogP contribution in [0, 0.1) is 0 Å². The zero-order chi connectivity index (χ0) is 23.1. The molecule has 0 spiro atoms. The Morgan fingerprint density at radius 1 is 0.844 bits per heavy atom. The second-order valence-electron chi connectivity index (χ2n) is 7.12. The number of rotatable bonds is 6. The minimum Gasteiger partial charge on any atom is -0.490 e. The number of halogens is 1. The lowest BCUT2D eigenvalue weighted by Gasteiger charge is -2.13. The van der Waals surface area contributed by atoms with Crippen molar-refractivity contribution < 1.29 is 14.3 Å². The maximum absolute atomic E-state index is 12.5. The number of thiocarbonyl (C=S) groups is 1. The van der Waals surface area contributed by atoms with E-state index in [1.807, 2.05) is 32.0 Å². The van der Waals surface area contributed by atoms with Gasteiger partial charge in [-0.05, 0) is 96.6 Å². The maximum atomic E-state index is 12.5. The van der Waals surface area contributed by atoms with Gasteiger partial charge in [-0.25, -0.2) is 0 Å². The number of hydrogen-bond acceptors (Lipinski definition) is 4. The number of anilines is 2. The van der Waals surface area contributed by atoms with Crippen molar-refractivity contribution in [2.24, 2.45) is 0 Å². The molecule has 32 heavy (non-hydrogen) atoms. The first kappa shape index (κ1) is 23.4. The van der Waals surface area contributed by atoms with Gasteiger partial charge >= 0.3 is 0 Å². The summed E-state index contributed by atoms with van der Waals surface area (Å²) in [7, 11) is 0. The SMILES string of the molecule is CC(C)Oc1ccc(C(=O)NC(=S)Nc2ccc(NC(=O)c3ccccc3)cc2)cc1Br. The molecule has 0 radical (unpaired) electrons. The van der Waals surface area contributed by atoms with E-state index in [0.29, 0.717) is 32.7 Å². The molecule has 3 N–H and O–H groups in total. The van der Waals surface area contributed by atoms with Crippen molar-refractivity contribution in [3.63, 3.8) is 0 Å². The highest BCUT2D eigenvalue weighted by atomic mass is 79.9. The van der Waals surface area contributed by atoms with Gasteiger partial charge in [0.1, 0.15) is 5.75 Å². The lowest BCUT2D eigenvalue weighted by Crippen LogP contribution is -2.34. The largest absolute Gasteiger partial charge is 0.490 e. The van der Waals surface area contributed by atoms with E-state index in [1.54, 1.807) is 54.6 Å². The zero-order valence-electron chi connectivity index (χ0n) is 17.5. The quantitative estimate of drug-likeness (QED) is 0.374. The minimum atomic E-state index is -0.342. The molecule has 0 aromatic heterocycles. The minimum absolute atomic E-state index is 0.0285. The molecule has 0 aliphatic carbocycles. The Hall–Kier alpha value is -3.23. The summed E-state index contributed by atoms with van der Waals surface area (Å²) in [5.41, 5.74) is 2.34. The molecule has 0 fully saturated rings. The van der Waals surface area contributed by atoms with E-state index in [9.17, 15) is 9.59 Å². The fraction of sp³-hybridized carbons (Fsp3) is 0.125. The number of nitrogens with one attached hydrogen (secondary N) is 3. The molecule has 3 aromatic carbocycles. The summed E-state index contributed by atoms with van der Waals surface area (Å²) in [6.07, 6.45) is 0.0285. The Morgan fingerprint density at radius 3 is 2.06 bits per heavy atom. The van der Waals surface area contributed by atoms with Crippen molar-refractivity contribution >= 4 is 56.4 Å². The second kappa shape index (κ2) is 10.9. The molecule has 0 aliphatic rings. The van der Waals surface area contributed by atoms with Crippen LogP contribution in [0.25, 0.3) is 0 Å².